The minimum atomic E-state index is 0. The number of likely N-dealkylation sites (N-methyl/N-ethyl adjacent to an activating group) is 1. The molecule has 21 heavy (non-hydrogen) atoms. The summed E-state index contributed by atoms with van der Waals surface area (Å²) >= 11 is 0. The molecule has 0 saturated heterocycles. The van der Waals surface area contributed by atoms with Gasteiger partial charge in [0.25, 0.3) is 0 Å². The van der Waals surface area contributed by atoms with E-state index < -0.39 is 0 Å². The molecule has 0 saturated carbocycles. The molecule has 0 amide bonds. The average Bonchev–Trinajstić information content (AvgIpc) is 2.46. The first-order valence-electron chi connectivity index (χ1n) is 7.05. The SMILES string of the molecule is C=CCOc1ccc(CNCCN(CC)CC)cc1.Cl.Cl. The maximum absolute atomic E-state index is 5.45. The molecule has 0 radical (unpaired) electrons. The van der Waals surface area contributed by atoms with Crippen LogP contribution in [0.3, 0.4) is 0 Å². The van der Waals surface area contributed by atoms with Crippen LogP contribution in [0.1, 0.15) is 19.4 Å². The Morgan fingerprint density at radius 2 is 1.76 bits per heavy atom. The summed E-state index contributed by atoms with van der Waals surface area (Å²) in [5.74, 6) is 0.895. The van der Waals surface area contributed by atoms with Gasteiger partial charge in [-0.25, -0.2) is 0 Å². The third-order valence-electron chi connectivity index (χ3n) is 3.12. The lowest BCUT2D eigenvalue weighted by Gasteiger charge is -2.18. The van der Waals surface area contributed by atoms with E-state index in [1.165, 1.54) is 5.56 Å². The zero-order chi connectivity index (χ0) is 13.9. The van der Waals surface area contributed by atoms with Crippen LogP contribution in [0.5, 0.6) is 5.75 Å². The Morgan fingerprint density at radius 1 is 1.14 bits per heavy atom. The molecule has 0 aliphatic rings. The number of hydrogen-bond donors (Lipinski definition) is 1. The Balaban J connectivity index is 0. The molecule has 5 heteroatoms. The predicted octanol–water partition coefficient (Wildman–Crippen LogP) is 3.53. The largest absolute Gasteiger partial charge is 0.490 e. The molecule has 1 N–H and O–H groups in total. The number of nitrogens with one attached hydrogen (secondary N) is 1. The molecule has 122 valence electrons. The highest BCUT2D eigenvalue weighted by Crippen LogP contribution is 2.11. The van der Waals surface area contributed by atoms with Gasteiger partial charge in [-0.1, -0.05) is 38.6 Å². The van der Waals surface area contributed by atoms with E-state index in [4.69, 9.17) is 4.74 Å². The molecule has 0 unspecified atom stereocenters. The number of halogens is 2. The standard InChI is InChI=1S/C16H26N2O.2ClH/c1-4-13-19-16-9-7-15(8-10-16)14-17-11-12-18(5-2)6-3;;/h4,7-10,17H,1,5-6,11-14H2,2-3H3;2*1H. The summed E-state index contributed by atoms with van der Waals surface area (Å²) in [6, 6.07) is 8.21. The maximum atomic E-state index is 5.45. The first-order chi connectivity index (χ1) is 9.30. The zero-order valence-corrected chi connectivity index (χ0v) is 14.6. The van der Waals surface area contributed by atoms with Gasteiger partial charge in [0.15, 0.2) is 0 Å². The van der Waals surface area contributed by atoms with Crippen molar-refractivity contribution in [1.82, 2.24) is 10.2 Å². The van der Waals surface area contributed by atoms with Crippen molar-refractivity contribution in [2.24, 2.45) is 0 Å². The molecule has 0 aliphatic heterocycles. The Kier molecular flexibility index (Phi) is 15.2. The Morgan fingerprint density at radius 3 is 2.29 bits per heavy atom. The van der Waals surface area contributed by atoms with Crippen LogP contribution >= 0.6 is 24.8 Å². The lowest BCUT2D eigenvalue weighted by Crippen LogP contribution is -2.31. The van der Waals surface area contributed by atoms with Gasteiger partial charge in [-0.15, -0.1) is 24.8 Å². The van der Waals surface area contributed by atoms with Crippen LogP contribution in [-0.4, -0.2) is 37.7 Å². The molecule has 0 atom stereocenters. The van der Waals surface area contributed by atoms with Gasteiger partial charge < -0.3 is 15.0 Å². The third-order valence-corrected chi connectivity index (χ3v) is 3.12. The van der Waals surface area contributed by atoms with E-state index in [2.05, 4.69) is 42.8 Å². The molecule has 1 rings (SSSR count). The molecule has 0 fully saturated rings. The second-order valence-corrected chi connectivity index (χ2v) is 4.45. The van der Waals surface area contributed by atoms with Gasteiger partial charge in [0.1, 0.15) is 12.4 Å². The second-order valence-electron chi connectivity index (χ2n) is 4.45. The van der Waals surface area contributed by atoms with Crippen molar-refractivity contribution < 1.29 is 4.74 Å². The molecule has 1 aromatic carbocycles. The topological polar surface area (TPSA) is 24.5 Å². The maximum Gasteiger partial charge on any atom is 0.119 e. The van der Waals surface area contributed by atoms with Crippen LogP contribution in [0.25, 0.3) is 0 Å². The number of hydrogen-bond acceptors (Lipinski definition) is 3. The highest BCUT2D eigenvalue weighted by atomic mass is 35.5. The number of ether oxygens (including phenoxy) is 1. The molecule has 0 spiro atoms. The summed E-state index contributed by atoms with van der Waals surface area (Å²) in [5.41, 5.74) is 1.28. The van der Waals surface area contributed by atoms with Gasteiger partial charge in [-0.3, -0.25) is 0 Å². The Hall–Kier alpha value is -0.740. The summed E-state index contributed by atoms with van der Waals surface area (Å²) in [5, 5.41) is 3.46. The van der Waals surface area contributed by atoms with Gasteiger partial charge in [0.2, 0.25) is 0 Å². The van der Waals surface area contributed by atoms with Gasteiger partial charge >= 0.3 is 0 Å². The number of benzene rings is 1. The fourth-order valence-corrected chi connectivity index (χ4v) is 1.87. The minimum Gasteiger partial charge on any atom is -0.490 e. The molecular weight excluding hydrogens is 307 g/mol. The summed E-state index contributed by atoms with van der Waals surface area (Å²) in [6.45, 7) is 13.9. The van der Waals surface area contributed by atoms with Crippen molar-refractivity contribution in [2.45, 2.75) is 20.4 Å². The summed E-state index contributed by atoms with van der Waals surface area (Å²) in [6.07, 6.45) is 1.75. The molecule has 0 aromatic heterocycles. The number of nitrogens with zero attached hydrogens (tertiary/aromatic N) is 1. The quantitative estimate of drug-likeness (QED) is 0.523. The highest BCUT2D eigenvalue weighted by molar-refractivity contribution is 5.85. The lowest BCUT2D eigenvalue weighted by molar-refractivity contribution is 0.302. The van der Waals surface area contributed by atoms with Crippen LogP contribution in [-0.2, 0) is 6.54 Å². The summed E-state index contributed by atoms with van der Waals surface area (Å²) < 4.78 is 5.45. The lowest BCUT2D eigenvalue weighted by atomic mass is 10.2. The van der Waals surface area contributed by atoms with E-state index in [0.717, 1.165) is 38.5 Å². The van der Waals surface area contributed by atoms with E-state index in [9.17, 15) is 0 Å². The van der Waals surface area contributed by atoms with Crippen molar-refractivity contribution in [3.63, 3.8) is 0 Å². The average molecular weight is 335 g/mol. The fraction of sp³-hybridized carbons (Fsp3) is 0.500. The summed E-state index contributed by atoms with van der Waals surface area (Å²) in [4.78, 5) is 2.42. The van der Waals surface area contributed by atoms with Crippen LogP contribution in [0, 0.1) is 0 Å². The van der Waals surface area contributed by atoms with Crippen LogP contribution in [0.4, 0.5) is 0 Å². The van der Waals surface area contributed by atoms with Crippen molar-refractivity contribution in [3.05, 3.63) is 42.5 Å². The smallest absolute Gasteiger partial charge is 0.119 e. The Bertz CT molecular complexity index is 354. The van der Waals surface area contributed by atoms with Gasteiger partial charge in [0, 0.05) is 19.6 Å². The first-order valence-corrected chi connectivity index (χ1v) is 7.05. The number of rotatable bonds is 10. The monoisotopic (exact) mass is 334 g/mol. The van der Waals surface area contributed by atoms with Crippen LogP contribution in [0.2, 0.25) is 0 Å². The van der Waals surface area contributed by atoms with Gasteiger partial charge in [-0.2, -0.15) is 0 Å². The molecule has 0 bridgehead atoms. The third kappa shape index (κ3) is 9.75. The van der Waals surface area contributed by atoms with Crippen molar-refractivity contribution in [2.75, 3.05) is 32.8 Å². The van der Waals surface area contributed by atoms with Crippen LogP contribution < -0.4 is 10.1 Å². The normalized spacial score (nSPS) is 9.67. The van der Waals surface area contributed by atoms with Crippen LogP contribution in [0.15, 0.2) is 36.9 Å². The fourth-order valence-electron chi connectivity index (χ4n) is 1.87. The highest BCUT2D eigenvalue weighted by Gasteiger charge is 1.98. The van der Waals surface area contributed by atoms with E-state index in [0.29, 0.717) is 6.61 Å². The van der Waals surface area contributed by atoms with Crippen molar-refractivity contribution in [1.29, 1.82) is 0 Å². The van der Waals surface area contributed by atoms with Crippen molar-refractivity contribution in [3.8, 4) is 5.75 Å². The zero-order valence-electron chi connectivity index (χ0n) is 13.0. The van der Waals surface area contributed by atoms with Crippen molar-refractivity contribution >= 4 is 24.8 Å². The molecule has 0 heterocycles. The van der Waals surface area contributed by atoms with E-state index >= 15 is 0 Å². The van der Waals surface area contributed by atoms with E-state index in [-0.39, 0.29) is 24.8 Å². The molecule has 0 aliphatic carbocycles. The van der Waals surface area contributed by atoms with Gasteiger partial charge in [0.05, 0.1) is 0 Å². The predicted molar refractivity (Wildman–Crippen MR) is 96.1 cm³/mol. The van der Waals surface area contributed by atoms with E-state index in [1.54, 1.807) is 6.08 Å². The minimum absolute atomic E-state index is 0. The molecular formula is C16H28Cl2N2O. The second kappa shape index (κ2) is 14.2. The Labute approximate surface area is 141 Å². The molecule has 1 aromatic rings. The molecule has 3 nitrogen and oxygen atoms in total. The van der Waals surface area contributed by atoms with E-state index in [1.807, 2.05) is 12.1 Å². The first kappa shape index (κ1) is 22.5. The summed E-state index contributed by atoms with van der Waals surface area (Å²) in [7, 11) is 0. The van der Waals surface area contributed by atoms with Gasteiger partial charge in [-0.05, 0) is 30.8 Å².